The molecule has 5 heteroatoms. The summed E-state index contributed by atoms with van der Waals surface area (Å²) in [4.78, 5) is 12.4. The predicted octanol–water partition coefficient (Wildman–Crippen LogP) is 4.26. The van der Waals surface area contributed by atoms with E-state index in [4.69, 9.17) is 15.7 Å². The second kappa shape index (κ2) is 9.23. The van der Waals surface area contributed by atoms with Gasteiger partial charge in [0.25, 0.3) is 0 Å². The molecule has 156 valence electrons. The van der Waals surface area contributed by atoms with E-state index in [1.807, 2.05) is 12.3 Å². The van der Waals surface area contributed by atoms with Crippen LogP contribution in [0.15, 0.2) is 24.9 Å². The molecule has 4 rings (SSSR count). The maximum absolute atomic E-state index is 5.79. The summed E-state index contributed by atoms with van der Waals surface area (Å²) in [5.74, 6) is 1.99. The van der Waals surface area contributed by atoms with Crippen molar-refractivity contribution in [1.29, 1.82) is 0 Å². The topological polar surface area (TPSA) is 60.0 Å². The van der Waals surface area contributed by atoms with Gasteiger partial charge in [-0.3, -0.25) is 9.88 Å². The summed E-state index contributed by atoms with van der Waals surface area (Å²) < 4.78 is 2.43. The molecule has 0 saturated heterocycles. The lowest BCUT2D eigenvalue weighted by molar-refractivity contribution is 0.156. The molecule has 29 heavy (non-hydrogen) atoms. The third-order valence-corrected chi connectivity index (χ3v) is 6.45. The highest BCUT2D eigenvalue weighted by Gasteiger charge is 2.30. The summed E-state index contributed by atoms with van der Waals surface area (Å²) in [6.07, 6.45) is 12.3. The lowest BCUT2D eigenvalue weighted by Gasteiger charge is -2.35. The summed E-state index contributed by atoms with van der Waals surface area (Å²) in [6, 6.07) is 4.69. The standard InChI is InChI=1S/C24H35N5/c1-3-21-18(2)27-23(29(21)16-19-11-12-19)17-28(15-5-4-13-25)22-10-6-8-20-9-7-14-26-24(20)22/h3,7,9,14,19,22H,1,4-6,8,10-13,15-17,25H2,2H3. The van der Waals surface area contributed by atoms with Gasteiger partial charge in [0.1, 0.15) is 5.82 Å². The molecule has 2 N–H and O–H groups in total. The molecule has 0 spiro atoms. The number of fused-ring (bicyclic) bond motifs is 1. The molecule has 0 radical (unpaired) electrons. The van der Waals surface area contributed by atoms with Crippen LogP contribution in [0.3, 0.4) is 0 Å². The number of hydrogen-bond acceptors (Lipinski definition) is 4. The lowest BCUT2D eigenvalue weighted by Crippen LogP contribution is -2.34. The van der Waals surface area contributed by atoms with E-state index in [1.165, 1.54) is 48.5 Å². The number of imidazole rings is 1. The third-order valence-electron chi connectivity index (χ3n) is 6.45. The summed E-state index contributed by atoms with van der Waals surface area (Å²) in [5, 5.41) is 0. The van der Waals surface area contributed by atoms with E-state index in [0.717, 1.165) is 57.1 Å². The summed E-state index contributed by atoms with van der Waals surface area (Å²) in [5.41, 5.74) is 10.8. The zero-order valence-electron chi connectivity index (χ0n) is 17.8. The first-order valence-electron chi connectivity index (χ1n) is 11.3. The molecule has 1 unspecified atom stereocenters. The molecule has 2 aliphatic carbocycles. The maximum atomic E-state index is 5.79. The fourth-order valence-electron chi connectivity index (χ4n) is 4.71. The summed E-state index contributed by atoms with van der Waals surface area (Å²) in [6.45, 7) is 9.90. The van der Waals surface area contributed by atoms with Crippen molar-refractivity contribution in [2.45, 2.75) is 71.0 Å². The van der Waals surface area contributed by atoms with Gasteiger partial charge in [-0.1, -0.05) is 12.6 Å². The van der Waals surface area contributed by atoms with Crippen molar-refractivity contribution in [3.05, 3.63) is 53.4 Å². The van der Waals surface area contributed by atoms with Crippen LogP contribution in [0.4, 0.5) is 0 Å². The van der Waals surface area contributed by atoms with E-state index in [1.54, 1.807) is 0 Å². The summed E-state index contributed by atoms with van der Waals surface area (Å²) in [7, 11) is 0. The third kappa shape index (κ3) is 4.62. The highest BCUT2D eigenvalue weighted by molar-refractivity contribution is 5.46. The van der Waals surface area contributed by atoms with Crippen molar-refractivity contribution in [3.8, 4) is 0 Å². The second-order valence-electron chi connectivity index (χ2n) is 8.68. The van der Waals surface area contributed by atoms with Gasteiger partial charge in [-0.05, 0) is 88.6 Å². The van der Waals surface area contributed by atoms with Crippen molar-refractivity contribution in [2.75, 3.05) is 13.1 Å². The van der Waals surface area contributed by atoms with E-state index in [2.05, 4.69) is 35.1 Å². The first kappa shape index (κ1) is 20.3. The number of hydrogen-bond donors (Lipinski definition) is 1. The smallest absolute Gasteiger partial charge is 0.123 e. The van der Waals surface area contributed by atoms with Crippen molar-refractivity contribution in [1.82, 2.24) is 19.4 Å². The van der Waals surface area contributed by atoms with Gasteiger partial charge in [-0.15, -0.1) is 0 Å². The molecule has 1 atom stereocenters. The first-order valence-corrected chi connectivity index (χ1v) is 11.3. The monoisotopic (exact) mass is 393 g/mol. The van der Waals surface area contributed by atoms with Crippen LogP contribution in [0.5, 0.6) is 0 Å². The number of nitrogens with two attached hydrogens (primary N) is 1. The van der Waals surface area contributed by atoms with Gasteiger partial charge < -0.3 is 10.3 Å². The fourth-order valence-corrected chi connectivity index (χ4v) is 4.71. The van der Waals surface area contributed by atoms with Crippen LogP contribution in [-0.4, -0.2) is 32.5 Å². The van der Waals surface area contributed by atoms with Crippen molar-refractivity contribution >= 4 is 6.08 Å². The van der Waals surface area contributed by atoms with E-state index in [-0.39, 0.29) is 0 Å². The number of rotatable bonds is 10. The van der Waals surface area contributed by atoms with Gasteiger partial charge in [0.05, 0.1) is 29.7 Å². The highest BCUT2D eigenvalue weighted by atomic mass is 15.2. The minimum atomic E-state index is 0.372. The number of pyridine rings is 1. The number of aromatic nitrogens is 3. The second-order valence-corrected chi connectivity index (χ2v) is 8.68. The molecular weight excluding hydrogens is 358 g/mol. The Kier molecular flexibility index (Phi) is 6.46. The Labute approximate surface area is 175 Å². The van der Waals surface area contributed by atoms with Crippen LogP contribution < -0.4 is 5.73 Å². The fraction of sp³-hybridized carbons (Fsp3) is 0.583. The van der Waals surface area contributed by atoms with Gasteiger partial charge in [-0.2, -0.15) is 0 Å². The molecule has 2 heterocycles. The van der Waals surface area contributed by atoms with E-state index >= 15 is 0 Å². The van der Waals surface area contributed by atoms with Crippen LogP contribution in [0, 0.1) is 12.8 Å². The van der Waals surface area contributed by atoms with Gasteiger partial charge in [0.15, 0.2) is 0 Å². The largest absolute Gasteiger partial charge is 0.330 e. The molecule has 0 aromatic carbocycles. The molecular formula is C24H35N5. The van der Waals surface area contributed by atoms with Crippen molar-refractivity contribution < 1.29 is 0 Å². The highest BCUT2D eigenvalue weighted by Crippen LogP contribution is 2.35. The minimum absolute atomic E-state index is 0.372. The van der Waals surface area contributed by atoms with Gasteiger partial charge >= 0.3 is 0 Å². The molecule has 0 amide bonds. The van der Waals surface area contributed by atoms with Crippen LogP contribution >= 0.6 is 0 Å². The van der Waals surface area contributed by atoms with E-state index < -0.39 is 0 Å². The SMILES string of the molecule is C=Cc1c(C)nc(CN(CCCCN)C2CCCc3cccnc32)n1CC1CC1. The molecule has 2 aliphatic rings. The van der Waals surface area contributed by atoms with Crippen molar-refractivity contribution in [2.24, 2.45) is 11.7 Å². The van der Waals surface area contributed by atoms with Crippen LogP contribution in [-0.2, 0) is 19.5 Å². The Balaban J connectivity index is 1.62. The molecule has 0 aliphatic heterocycles. The van der Waals surface area contributed by atoms with E-state index in [0.29, 0.717) is 6.04 Å². The Morgan fingerprint density at radius 2 is 2.17 bits per heavy atom. The lowest BCUT2D eigenvalue weighted by atomic mass is 9.90. The molecule has 0 bridgehead atoms. The van der Waals surface area contributed by atoms with E-state index in [9.17, 15) is 0 Å². The van der Waals surface area contributed by atoms with Gasteiger partial charge in [-0.25, -0.2) is 4.98 Å². The molecule has 1 saturated carbocycles. The summed E-state index contributed by atoms with van der Waals surface area (Å²) >= 11 is 0. The van der Waals surface area contributed by atoms with Crippen LogP contribution in [0.1, 0.15) is 73.0 Å². The quantitative estimate of drug-likeness (QED) is 0.613. The first-order chi connectivity index (χ1) is 14.2. The Morgan fingerprint density at radius 1 is 1.31 bits per heavy atom. The van der Waals surface area contributed by atoms with Gasteiger partial charge in [0, 0.05) is 12.7 Å². The zero-order valence-corrected chi connectivity index (χ0v) is 17.8. The average Bonchev–Trinajstić information content (AvgIpc) is 3.51. The van der Waals surface area contributed by atoms with Gasteiger partial charge in [0.2, 0.25) is 0 Å². The maximum Gasteiger partial charge on any atom is 0.123 e. The normalized spacial score (nSPS) is 18.8. The Hall–Kier alpha value is -1.98. The van der Waals surface area contributed by atoms with Crippen LogP contribution in [0.25, 0.3) is 6.08 Å². The van der Waals surface area contributed by atoms with Crippen LogP contribution in [0.2, 0.25) is 0 Å². The average molecular weight is 394 g/mol. The Bertz CT molecular complexity index is 836. The molecule has 5 nitrogen and oxygen atoms in total. The molecule has 2 aromatic heterocycles. The number of unbranched alkanes of at least 4 members (excludes halogenated alkanes) is 1. The predicted molar refractivity (Wildman–Crippen MR) is 118 cm³/mol. The molecule has 2 aromatic rings. The molecule has 1 fully saturated rings. The zero-order chi connectivity index (χ0) is 20.2. The Morgan fingerprint density at radius 3 is 2.93 bits per heavy atom. The van der Waals surface area contributed by atoms with Crippen molar-refractivity contribution in [3.63, 3.8) is 0 Å². The number of nitrogens with zero attached hydrogens (tertiary/aromatic N) is 4. The number of aryl methyl sites for hydroxylation is 2. The minimum Gasteiger partial charge on any atom is -0.330 e.